The second-order valence-corrected chi connectivity index (χ2v) is 5.63. The minimum absolute atomic E-state index is 0.0433. The highest BCUT2D eigenvalue weighted by molar-refractivity contribution is 6.05. The summed E-state index contributed by atoms with van der Waals surface area (Å²) in [4.78, 5) is 34.5. The first-order chi connectivity index (χ1) is 12.4. The molecule has 2 aromatic rings. The van der Waals surface area contributed by atoms with Crippen molar-refractivity contribution < 1.29 is 19.5 Å². The smallest absolute Gasteiger partial charge is 0.305 e. The predicted molar refractivity (Wildman–Crippen MR) is 97.9 cm³/mol. The zero-order valence-electron chi connectivity index (χ0n) is 14.2. The Morgan fingerprint density at radius 2 is 1.38 bits per heavy atom. The van der Waals surface area contributed by atoms with Gasteiger partial charge in [0.25, 0.3) is 11.8 Å². The summed E-state index contributed by atoms with van der Waals surface area (Å²) >= 11 is 0. The Morgan fingerprint density at radius 1 is 0.885 bits per heavy atom. The van der Waals surface area contributed by atoms with Crippen LogP contribution in [0.2, 0.25) is 0 Å². The van der Waals surface area contributed by atoms with E-state index in [0.29, 0.717) is 22.5 Å². The van der Waals surface area contributed by atoms with Crippen LogP contribution in [0.5, 0.6) is 0 Å². The van der Waals surface area contributed by atoms with E-state index in [1.165, 1.54) is 24.3 Å². The van der Waals surface area contributed by atoms with Crippen molar-refractivity contribution in [3.8, 4) is 0 Å². The van der Waals surface area contributed by atoms with Gasteiger partial charge in [-0.3, -0.25) is 14.4 Å². The molecule has 0 spiro atoms. The molecule has 0 aliphatic heterocycles. The van der Waals surface area contributed by atoms with Crippen LogP contribution in [0.15, 0.2) is 48.5 Å². The van der Waals surface area contributed by atoms with Crippen LogP contribution in [0.3, 0.4) is 0 Å². The summed E-state index contributed by atoms with van der Waals surface area (Å²) in [5, 5.41) is 21.3. The van der Waals surface area contributed by atoms with Crippen LogP contribution in [0.25, 0.3) is 0 Å². The number of aliphatic carboxylic acids is 1. The number of anilines is 1. The lowest BCUT2D eigenvalue weighted by Crippen LogP contribution is -2.26. The van der Waals surface area contributed by atoms with Gasteiger partial charge in [0, 0.05) is 29.1 Å². The Bertz CT molecular complexity index is 827. The van der Waals surface area contributed by atoms with Gasteiger partial charge in [-0.1, -0.05) is 12.1 Å². The summed E-state index contributed by atoms with van der Waals surface area (Å²) in [5.74, 6) is -1.70. The van der Waals surface area contributed by atoms with E-state index in [1.54, 1.807) is 31.2 Å². The number of nitrogens with one attached hydrogen (secondary N) is 3. The molecule has 0 heterocycles. The molecule has 0 fully saturated rings. The molecule has 0 unspecified atom stereocenters. The maximum absolute atomic E-state index is 12.2. The van der Waals surface area contributed by atoms with Crippen LogP contribution in [-0.2, 0) is 4.79 Å². The first-order valence-electron chi connectivity index (χ1n) is 7.94. The molecule has 2 aromatic carbocycles. The number of amides is 2. The third-order valence-corrected chi connectivity index (χ3v) is 3.61. The lowest BCUT2D eigenvalue weighted by Gasteiger charge is -2.07. The monoisotopic (exact) mass is 353 g/mol. The number of carboxylic acids is 1. The minimum atomic E-state index is -0.985. The van der Waals surface area contributed by atoms with Crippen molar-refractivity contribution in [1.82, 2.24) is 5.32 Å². The second-order valence-electron chi connectivity index (χ2n) is 5.63. The Kier molecular flexibility index (Phi) is 6.21. The maximum Gasteiger partial charge on any atom is 0.305 e. The van der Waals surface area contributed by atoms with Gasteiger partial charge in [-0.05, 0) is 48.9 Å². The van der Waals surface area contributed by atoms with Gasteiger partial charge in [0.15, 0.2) is 0 Å². The third kappa shape index (κ3) is 5.27. The van der Waals surface area contributed by atoms with Crippen LogP contribution in [-0.4, -0.2) is 35.1 Å². The fourth-order valence-electron chi connectivity index (χ4n) is 2.16. The number of rotatable bonds is 7. The van der Waals surface area contributed by atoms with E-state index in [-0.39, 0.29) is 18.9 Å². The lowest BCUT2D eigenvalue weighted by atomic mass is 10.1. The highest BCUT2D eigenvalue weighted by Crippen LogP contribution is 2.12. The fraction of sp³-hybridized carbons (Fsp3) is 0.158. The van der Waals surface area contributed by atoms with Crippen molar-refractivity contribution in [2.75, 3.05) is 11.9 Å². The summed E-state index contributed by atoms with van der Waals surface area (Å²) in [6, 6.07) is 13.0. The van der Waals surface area contributed by atoms with Gasteiger partial charge in [0.05, 0.1) is 6.42 Å². The van der Waals surface area contributed by atoms with E-state index < -0.39 is 11.9 Å². The zero-order valence-corrected chi connectivity index (χ0v) is 14.2. The average Bonchev–Trinajstić information content (AvgIpc) is 2.62. The van der Waals surface area contributed by atoms with Gasteiger partial charge < -0.3 is 21.1 Å². The van der Waals surface area contributed by atoms with Gasteiger partial charge in [-0.25, -0.2) is 0 Å². The molecule has 4 N–H and O–H groups in total. The summed E-state index contributed by atoms with van der Waals surface area (Å²) in [7, 11) is 0. The largest absolute Gasteiger partial charge is 0.481 e. The molecule has 0 aliphatic rings. The van der Waals surface area contributed by atoms with Crippen molar-refractivity contribution in [3.05, 3.63) is 65.2 Å². The summed E-state index contributed by atoms with van der Waals surface area (Å²) in [6.07, 6.45) is -0.150. The number of carbonyl (C=O) groups is 3. The maximum atomic E-state index is 12.2. The van der Waals surface area contributed by atoms with Crippen molar-refractivity contribution in [2.45, 2.75) is 13.3 Å². The van der Waals surface area contributed by atoms with Crippen molar-refractivity contribution in [3.63, 3.8) is 0 Å². The lowest BCUT2D eigenvalue weighted by molar-refractivity contribution is -0.136. The number of hydrogen-bond donors (Lipinski definition) is 4. The molecule has 7 nitrogen and oxygen atoms in total. The van der Waals surface area contributed by atoms with Crippen LogP contribution in [0.1, 0.15) is 39.6 Å². The van der Waals surface area contributed by atoms with Crippen LogP contribution in [0.4, 0.5) is 5.69 Å². The summed E-state index contributed by atoms with van der Waals surface area (Å²) in [5.41, 5.74) is 2.56. The SMILES string of the molecule is CC(=N)c1ccc(NC(=O)c2ccc(C(=O)NCCC(=O)O)cc2)cc1. The fourth-order valence-corrected chi connectivity index (χ4v) is 2.16. The highest BCUT2D eigenvalue weighted by atomic mass is 16.4. The Balaban J connectivity index is 1.96. The number of benzene rings is 2. The van der Waals surface area contributed by atoms with Crippen molar-refractivity contribution in [1.29, 1.82) is 5.41 Å². The van der Waals surface area contributed by atoms with Crippen molar-refractivity contribution in [2.24, 2.45) is 0 Å². The number of hydrogen-bond acceptors (Lipinski definition) is 4. The minimum Gasteiger partial charge on any atom is -0.481 e. The Labute approximate surface area is 150 Å². The number of carbonyl (C=O) groups excluding carboxylic acids is 2. The molecule has 0 atom stereocenters. The first kappa shape index (κ1) is 18.9. The van der Waals surface area contributed by atoms with E-state index in [0.717, 1.165) is 5.56 Å². The molecule has 0 aliphatic carbocycles. The molecule has 0 aromatic heterocycles. The topological polar surface area (TPSA) is 119 Å². The van der Waals surface area contributed by atoms with E-state index in [1.807, 2.05) is 0 Å². The van der Waals surface area contributed by atoms with E-state index in [2.05, 4.69) is 10.6 Å². The van der Waals surface area contributed by atoms with Gasteiger partial charge in [-0.15, -0.1) is 0 Å². The molecular formula is C19H19N3O4. The quantitative estimate of drug-likeness (QED) is 0.572. The second kappa shape index (κ2) is 8.57. The predicted octanol–water partition coefficient (Wildman–Crippen LogP) is 2.53. The zero-order chi connectivity index (χ0) is 19.1. The van der Waals surface area contributed by atoms with Gasteiger partial charge in [-0.2, -0.15) is 0 Å². The Morgan fingerprint density at radius 3 is 1.88 bits per heavy atom. The normalized spacial score (nSPS) is 10.0. The van der Waals surface area contributed by atoms with Crippen LogP contribution in [0, 0.1) is 5.41 Å². The molecule has 7 heteroatoms. The standard InChI is InChI=1S/C19H19N3O4/c1-12(20)13-6-8-16(9-7-13)22-19(26)15-4-2-14(3-5-15)18(25)21-11-10-17(23)24/h2-9,20H,10-11H2,1H3,(H,21,25)(H,22,26)(H,23,24). The molecule has 2 amide bonds. The van der Waals surface area contributed by atoms with Gasteiger partial charge in [0.1, 0.15) is 0 Å². The molecule has 26 heavy (non-hydrogen) atoms. The molecule has 0 bridgehead atoms. The Hall–Kier alpha value is -3.48. The molecule has 0 radical (unpaired) electrons. The summed E-state index contributed by atoms with van der Waals surface area (Å²) < 4.78 is 0. The molecule has 0 saturated heterocycles. The molecular weight excluding hydrogens is 334 g/mol. The van der Waals surface area contributed by atoms with Crippen molar-refractivity contribution >= 4 is 29.2 Å². The highest BCUT2D eigenvalue weighted by Gasteiger charge is 2.10. The molecule has 134 valence electrons. The van der Waals surface area contributed by atoms with E-state index >= 15 is 0 Å². The first-order valence-corrected chi connectivity index (χ1v) is 7.94. The molecule has 2 rings (SSSR count). The van der Waals surface area contributed by atoms with E-state index in [4.69, 9.17) is 10.5 Å². The number of carboxylic acid groups (broad SMARTS) is 1. The van der Waals surface area contributed by atoms with E-state index in [9.17, 15) is 14.4 Å². The molecule has 0 saturated carbocycles. The average molecular weight is 353 g/mol. The van der Waals surface area contributed by atoms with Gasteiger partial charge >= 0.3 is 5.97 Å². The third-order valence-electron chi connectivity index (χ3n) is 3.61. The summed E-state index contributed by atoms with van der Waals surface area (Å²) in [6.45, 7) is 1.73. The van der Waals surface area contributed by atoms with Crippen LogP contribution < -0.4 is 10.6 Å². The van der Waals surface area contributed by atoms with Gasteiger partial charge in [0.2, 0.25) is 0 Å². The van der Waals surface area contributed by atoms with Crippen LogP contribution >= 0.6 is 0 Å².